The number of hydrogen-bond acceptors (Lipinski definition) is 2. The van der Waals surface area contributed by atoms with Gasteiger partial charge in [-0.1, -0.05) is 22.0 Å². The minimum atomic E-state index is -0.419. The van der Waals surface area contributed by atoms with Crippen molar-refractivity contribution < 1.29 is 9.13 Å². The summed E-state index contributed by atoms with van der Waals surface area (Å²) in [5, 5.41) is 0. The van der Waals surface area contributed by atoms with Crippen LogP contribution in [0.15, 0.2) is 40.9 Å². The maximum atomic E-state index is 13.7. The zero-order chi connectivity index (χ0) is 14.3. The van der Waals surface area contributed by atoms with Gasteiger partial charge in [0.2, 0.25) is 0 Å². The number of halogens is 2. The molecule has 0 aliphatic rings. The fraction of sp³-hybridized carbons (Fsp3) is 0.0714. The summed E-state index contributed by atoms with van der Waals surface area (Å²) in [4.78, 5) is 3.00. The highest BCUT2D eigenvalue weighted by Crippen LogP contribution is 2.27. The number of rotatable bonds is 2. The molecule has 0 bridgehead atoms. The average Bonchev–Trinajstić information content (AvgIpc) is 2.72. The van der Waals surface area contributed by atoms with Crippen molar-refractivity contribution >= 4 is 39.2 Å². The summed E-state index contributed by atoms with van der Waals surface area (Å²) in [6.07, 6.45) is 0. The van der Waals surface area contributed by atoms with Gasteiger partial charge in [-0.05, 0) is 30.4 Å². The molecule has 3 aromatic rings. The van der Waals surface area contributed by atoms with E-state index in [-0.39, 0.29) is 5.75 Å². The number of ether oxygens (including phenoxy) is 1. The van der Waals surface area contributed by atoms with Crippen LogP contribution < -0.4 is 4.74 Å². The summed E-state index contributed by atoms with van der Waals surface area (Å²) in [7, 11) is 1.44. The molecule has 1 N–H and O–H groups in total. The van der Waals surface area contributed by atoms with Crippen molar-refractivity contribution in [3.63, 3.8) is 0 Å². The fourth-order valence-electron chi connectivity index (χ4n) is 2.14. The van der Waals surface area contributed by atoms with Crippen molar-refractivity contribution in [2.45, 2.75) is 0 Å². The van der Waals surface area contributed by atoms with Gasteiger partial charge < -0.3 is 9.72 Å². The van der Waals surface area contributed by atoms with E-state index in [4.69, 9.17) is 17.0 Å². The van der Waals surface area contributed by atoms with Crippen molar-refractivity contribution in [3.05, 3.63) is 51.5 Å². The zero-order valence-electron chi connectivity index (χ0n) is 10.5. The lowest BCUT2D eigenvalue weighted by atomic mass is 10.2. The van der Waals surface area contributed by atoms with Crippen LogP contribution in [-0.4, -0.2) is 16.7 Å². The molecule has 0 atom stereocenters. The minimum absolute atomic E-state index is 0.190. The first-order valence-electron chi connectivity index (χ1n) is 5.84. The Balaban J connectivity index is 2.35. The van der Waals surface area contributed by atoms with Crippen molar-refractivity contribution in [3.8, 4) is 11.4 Å². The predicted molar refractivity (Wildman–Crippen MR) is 82.7 cm³/mol. The lowest BCUT2D eigenvalue weighted by molar-refractivity contribution is 0.387. The van der Waals surface area contributed by atoms with Crippen LogP contribution in [-0.2, 0) is 0 Å². The van der Waals surface area contributed by atoms with Gasteiger partial charge in [0.25, 0.3) is 0 Å². The van der Waals surface area contributed by atoms with Crippen LogP contribution in [0.2, 0.25) is 0 Å². The average molecular weight is 353 g/mol. The number of methoxy groups -OCH3 is 1. The van der Waals surface area contributed by atoms with Crippen molar-refractivity contribution in [1.82, 2.24) is 9.55 Å². The number of hydrogen-bond donors (Lipinski definition) is 1. The van der Waals surface area contributed by atoms with E-state index in [1.807, 2.05) is 28.8 Å². The topological polar surface area (TPSA) is 29.9 Å². The second-order valence-corrected chi connectivity index (χ2v) is 5.55. The molecule has 6 heteroatoms. The molecule has 0 radical (unpaired) electrons. The molecule has 3 nitrogen and oxygen atoms in total. The number of imidazole rings is 1. The van der Waals surface area contributed by atoms with Gasteiger partial charge in [-0.3, -0.25) is 4.57 Å². The van der Waals surface area contributed by atoms with Crippen LogP contribution in [0.5, 0.6) is 5.75 Å². The van der Waals surface area contributed by atoms with Crippen molar-refractivity contribution in [2.75, 3.05) is 7.11 Å². The van der Waals surface area contributed by atoms with Crippen molar-refractivity contribution in [2.24, 2.45) is 0 Å². The van der Waals surface area contributed by atoms with E-state index >= 15 is 0 Å². The number of nitrogens with one attached hydrogen (secondary N) is 1. The monoisotopic (exact) mass is 352 g/mol. The molecule has 0 amide bonds. The number of fused-ring (bicyclic) bond motifs is 1. The third-order valence-electron chi connectivity index (χ3n) is 3.02. The maximum Gasteiger partial charge on any atom is 0.182 e. The molecular formula is C14H10BrFN2OS. The number of aromatic amines is 1. The second-order valence-electron chi connectivity index (χ2n) is 4.25. The van der Waals surface area contributed by atoms with Crippen LogP contribution in [0.4, 0.5) is 4.39 Å². The third-order valence-corrected chi connectivity index (χ3v) is 3.80. The highest BCUT2D eigenvalue weighted by Gasteiger charge is 2.11. The third kappa shape index (κ3) is 2.14. The van der Waals surface area contributed by atoms with E-state index in [0.29, 0.717) is 10.3 Å². The van der Waals surface area contributed by atoms with Gasteiger partial charge in [0.15, 0.2) is 16.3 Å². The van der Waals surface area contributed by atoms with E-state index in [1.54, 1.807) is 6.07 Å². The highest BCUT2D eigenvalue weighted by atomic mass is 79.9. The van der Waals surface area contributed by atoms with Crippen LogP contribution in [0, 0.1) is 10.6 Å². The van der Waals surface area contributed by atoms with Gasteiger partial charge >= 0.3 is 0 Å². The molecule has 1 heterocycles. The Hall–Kier alpha value is -1.66. The Labute approximate surface area is 128 Å². The molecule has 0 saturated carbocycles. The first kappa shape index (κ1) is 13.3. The summed E-state index contributed by atoms with van der Waals surface area (Å²) in [6, 6.07) is 10.8. The summed E-state index contributed by atoms with van der Waals surface area (Å²) >= 11 is 8.76. The van der Waals surface area contributed by atoms with E-state index in [9.17, 15) is 4.39 Å². The van der Waals surface area contributed by atoms with E-state index in [2.05, 4.69) is 20.9 Å². The summed E-state index contributed by atoms with van der Waals surface area (Å²) in [5.41, 5.74) is 2.30. The lowest BCUT2D eigenvalue weighted by Gasteiger charge is -2.07. The highest BCUT2D eigenvalue weighted by molar-refractivity contribution is 9.10. The fourth-order valence-corrected chi connectivity index (χ4v) is 2.84. The number of nitrogens with zero attached hydrogens (tertiary/aromatic N) is 1. The van der Waals surface area contributed by atoms with Crippen molar-refractivity contribution in [1.29, 1.82) is 0 Å². The lowest BCUT2D eigenvalue weighted by Crippen LogP contribution is -1.95. The van der Waals surface area contributed by atoms with Gasteiger partial charge in [-0.15, -0.1) is 0 Å². The Morgan fingerprint density at radius 1 is 1.30 bits per heavy atom. The van der Waals surface area contributed by atoms with Crippen LogP contribution in [0.1, 0.15) is 0 Å². The molecule has 0 fully saturated rings. The van der Waals surface area contributed by atoms with Crippen LogP contribution in [0.3, 0.4) is 0 Å². The number of benzene rings is 2. The first-order chi connectivity index (χ1) is 9.60. The maximum absolute atomic E-state index is 13.7. The second kappa shape index (κ2) is 5.03. The Morgan fingerprint density at radius 3 is 2.80 bits per heavy atom. The standard InChI is InChI=1S/C14H10BrFN2OS/c1-19-13-7-12-11(6-10(13)16)17-14(20)18(12)9-4-2-3-8(15)5-9/h2-7H,1H3,(H,17,20). The van der Waals surface area contributed by atoms with Gasteiger partial charge in [-0.2, -0.15) is 0 Å². The smallest absolute Gasteiger partial charge is 0.182 e. The normalized spacial score (nSPS) is 10.9. The Bertz CT molecular complexity index is 856. The summed E-state index contributed by atoms with van der Waals surface area (Å²) in [5.74, 6) is -0.229. The molecule has 0 saturated heterocycles. The van der Waals surface area contributed by atoms with Gasteiger partial charge in [0.05, 0.1) is 18.1 Å². The molecule has 0 spiro atoms. The van der Waals surface area contributed by atoms with E-state index < -0.39 is 5.82 Å². The SMILES string of the molecule is COc1cc2c(cc1F)[nH]c(=S)n2-c1cccc(Br)c1. The molecule has 102 valence electrons. The molecule has 1 aromatic heterocycles. The van der Waals surface area contributed by atoms with E-state index in [0.717, 1.165) is 15.7 Å². The Kier molecular flexibility index (Phi) is 3.35. The van der Waals surface area contributed by atoms with Gasteiger partial charge in [-0.25, -0.2) is 4.39 Å². The molecular weight excluding hydrogens is 343 g/mol. The molecule has 3 rings (SSSR count). The van der Waals surface area contributed by atoms with Gasteiger partial charge in [0.1, 0.15) is 0 Å². The molecule has 0 aliphatic heterocycles. The largest absolute Gasteiger partial charge is 0.494 e. The number of aromatic nitrogens is 2. The summed E-state index contributed by atoms with van der Waals surface area (Å²) in [6.45, 7) is 0. The van der Waals surface area contributed by atoms with Gasteiger partial charge in [0, 0.05) is 22.3 Å². The quantitative estimate of drug-likeness (QED) is 0.683. The van der Waals surface area contributed by atoms with E-state index in [1.165, 1.54) is 13.2 Å². The first-order valence-corrected chi connectivity index (χ1v) is 7.04. The molecule has 2 aromatic carbocycles. The Morgan fingerprint density at radius 2 is 2.10 bits per heavy atom. The minimum Gasteiger partial charge on any atom is -0.494 e. The number of H-pyrrole nitrogens is 1. The van der Waals surface area contributed by atoms with Crippen LogP contribution >= 0.6 is 28.1 Å². The zero-order valence-corrected chi connectivity index (χ0v) is 12.9. The predicted octanol–water partition coefficient (Wildman–Crippen LogP) is 4.60. The molecule has 20 heavy (non-hydrogen) atoms. The van der Waals surface area contributed by atoms with Crippen LogP contribution in [0.25, 0.3) is 16.7 Å². The summed E-state index contributed by atoms with van der Waals surface area (Å²) < 4.78 is 22.1. The molecule has 0 unspecified atom stereocenters. The molecule has 0 aliphatic carbocycles.